The van der Waals surface area contributed by atoms with Gasteiger partial charge in [0.2, 0.25) is 0 Å². The van der Waals surface area contributed by atoms with Crippen molar-refractivity contribution < 1.29 is 9.53 Å². The Labute approximate surface area is 91.8 Å². The summed E-state index contributed by atoms with van der Waals surface area (Å²) < 4.78 is 4.93. The van der Waals surface area contributed by atoms with Crippen molar-refractivity contribution in [2.45, 2.75) is 57.5 Å². The van der Waals surface area contributed by atoms with E-state index in [1.165, 1.54) is 0 Å². The zero-order chi connectivity index (χ0) is 11.2. The number of hydrogen-bond acceptors (Lipinski definition) is 3. The Morgan fingerprint density at radius 1 is 1.43 bits per heavy atom. The smallest absolute Gasteiger partial charge is 0.307 e. The van der Waals surface area contributed by atoms with Crippen LogP contribution in [0.5, 0.6) is 0 Å². The van der Waals surface area contributed by atoms with Crippen LogP contribution < -0.4 is 0 Å². The molecule has 0 N–H and O–H groups in total. The Bertz CT molecular complexity index is 178. The molecule has 0 bridgehead atoms. The number of carbonyl (C=O) groups excluding carboxylic acids is 1. The fraction of sp³-hybridized carbons (Fsp3) is 0.909. The van der Waals surface area contributed by atoms with Crippen molar-refractivity contribution in [3.8, 4) is 0 Å². The third kappa shape index (κ3) is 6.30. The summed E-state index contributed by atoms with van der Waals surface area (Å²) in [7, 11) is 0. The molecule has 0 aliphatic carbocycles. The molecule has 0 heterocycles. The van der Waals surface area contributed by atoms with Crippen LogP contribution in [0, 0.1) is 0 Å². The van der Waals surface area contributed by atoms with Crippen LogP contribution >= 0.6 is 11.8 Å². The van der Waals surface area contributed by atoms with Crippen molar-refractivity contribution in [2.24, 2.45) is 0 Å². The van der Waals surface area contributed by atoms with Gasteiger partial charge < -0.3 is 4.74 Å². The van der Waals surface area contributed by atoms with Gasteiger partial charge in [0.25, 0.3) is 0 Å². The van der Waals surface area contributed by atoms with Crippen molar-refractivity contribution in [2.75, 3.05) is 6.61 Å². The van der Waals surface area contributed by atoms with Crippen LogP contribution in [0.25, 0.3) is 0 Å². The monoisotopic (exact) mass is 218 g/mol. The maximum atomic E-state index is 11.3. The molecule has 0 aliphatic rings. The van der Waals surface area contributed by atoms with E-state index in [1.807, 2.05) is 18.7 Å². The Balaban J connectivity index is 3.99. The molecule has 2 nitrogen and oxygen atoms in total. The number of esters is 1. The summed E-state index contributed by atoms with van der Waals surface area (Å²) in [6.07, 6.45) is 1.63. The van der Waals surface area contributed by atoms with Crippen LogP contribution in [0.15, 0.2) is 0 Å². The molecule has 0 aliphatic heterocycles. The van der Waals surface area contributed by atoms with E-state index in [-0.39, 0.29) is 10.7 Å². The Kier molecular flexibility index (Phi) is 6.25. The lowest BCUT2D eigenvalue weighted by molar-refractivity contribution is -0.143. The van der Waals surface area contributed by atoms with Gasteiger partial charge >= 0.3 is 5.97 Å². The van der Waals surface area contributed by atoms with E-state index in [2.05, 4.69) is 27.7 Å². The van der Waals surface area contributed by atoms with E-state index in [1.54, 1.807) is 0 Å². The highest BCUT2D eigenvalue weighted by Gasteiger charge is 2.25. The summed E-state index contributed by atoms with van der Waals surface area (Å²) in [5, 5.41) is 0.597. The van der Waals surface area contributed by atoms with Gasteiger partial charge in [0, 0.05) is 10.00 Å². The zero-order valence-corrected chi connectivity index (χ0v) is 10.7. The molecule has 0 amide bonds. The van der Waals surface area contributed by atoms with Gasteiger partial charge in [-0.2, -0.15) is 11.8 Å². The summed E-state index contributed by atoms with van der Waals surface area (Å²) in [6.45, 7) is 10.9. The minimum Gasteiger partial charge on any atom is -0.466 e. The van der Waals surface area contributed by atoms with Crippen LogP contribution in [-0.2, 0) is 9.53 Å². The van der Waals surface area contributed by atoms with E-state index in [0.717, 1.165) is 6.42 Å². The van der Waals surface area contributed by atoms with Crippen LogP contribution in [0.4, 0.5) is 0 Å². The summed E-state index contributed by atoms with van der Waals surface area (Å²) in [4.78, 5) is 11.3. The van der Waals surface area contributed by atoms with Crippen molar-refractivity contribution >= 4 is 17.7 Å². The van der Waals surface area contributed by atoms with Gasteiger partial charge in [0.1, 0.15) is 0 Å². The standard InChI is InChI=1S/C11H22O2S/c1-6-9(3)14-11(4,5)8-10(12)13-7-2/h9H,6-8H2,1-5H3. The largest absolute Gasteiger partial charge is 0.466 e. The molecule has 1 unspecified atom stereocenters. The molecule has 0 rings (SSSR count). The Morgan fingerprint density at radius 2 is 2.00 bits per heavy atom. The number of carbonyl (C=O) groups is 1. The summed E-state index contributed by atoms with van der Waals surface area (Å²) >= 11 is 1.86. The van der Waals surface area contributed by atoms with Gasteiger partial charge in [-0.15, -0.1) is 0 Å². The summed E-state index contributed by atoms with van der Waals surface area (Å²) in [5.41, 5.74) is 0. The first-order valence-corrected chi connectivity index (χ1v) is 6.12. The summed E-state index contributed by atoms with van der Waals surface area (Å²) in [6, 6.07) is 0. The first-order chi connectivity index (χ1) is 6.41. The van der Waals surface area contributed by atoms with Crippen LogP contribution in [-0.4, -0.2) is 22.6 Å². The van der Waals surface area contributed by atoms with E-state index >= 15 is 0 Å². The Morgan fingerprint density at radius 3 is 2.43 bits per heavy atom. The number of rotatable bonds is 6. The van der Waals surface area contributed by atoms with Crippen molar-refractivity contribution in [3.63, 3.8) is 0 Å². The molecule has 3 heteroatoms. The number of thioether (sulfide) groups is 1. The lowest BCUT2D eigenvalue weighted by Gasteiger charge is -2.26. The van der Waals surface area contributed by atoms with Crippen molar-refractivity contribution in [1.82, 2.24) is 0 Å². The third-order valence-electron chi connectivity index (χ3n) is 1.97. The van der Waals surface area contributed by atoms with E-state index < -0.39 is 0 Å². The van der Waals surface area contributed by atoms with Crippen molar-refractivity contribution in [1.29, 1.82) is 0 Å². The predicted octanol–water partition coefficient (Wildman–Crippen LogP) is 3.25. The fourth-order valence-corrected chi connectivity index (χ4v) is 2.69. The molecule has 0 aromatic rings. The lowest BCUT2D eigenvalue weighted by Crippen LogP contribution is -2.24. The molecule has 0 aromatic heterocycles. The normalized spacial score (nSPS) is 13.8. The van der Waals surface area contributed by atoms with E-state index in [0.29, 0.717) is 18.3 Å². The number of hydrogen-bond donors (Lipinski definition) is 0. The molecule has 1 atom stereocenters. The van der Waals surface area contributed by atoms with E-state index in [4.69, 9.17) is 4.74 Å². The molecule has 0 saturated heterocycles. The lowest BCUT2D eigenvalue weighted by atomic mass is 10.1. The maximum Gasteiger partial charge on any atom is 0.307 e. The second kappa shape index (κ2) is 6.33. The van der Waals surface area contributed by atoms with Crippen LogP contribution in [0.2, 0.25) is 0 Å². The molecular formula is C11H22O2S. The van der Waals surface area contributed by atoms with Gasteiger partial charge in [-0.05, 0) is 13.3 Å². The third-order valence-corrected chi connectivity index (χ3v) is 3.49. The zero-order valence-electron chi connectivity index (χ0n) is 9.92. The fourth-order valence-electron chi connectivity index (χ4n) is 1.23. The molecule has 14 heavy (non-hydrogen) atoms. The van der Waals surface area contributed by atoms with Gasteiger partial charge in [0.15, 0.2) is 0 Å². The second-order valence-corrected chi connectivity index (χ2v) is 6.22. The van der Waals surface area contributed by atoms with Gasteiger partial charge in [-0.1, -0.05) is 27.7 Å². The average molecular weight is 218 g/mol. The second-order valence-electron chi connectivity index (χ2n) is 4.08. The van der Waals surface area contributed by atoms with E-state index in [9.17, 15) is 4.79 Å². The van der Waals surface area contributed by atoms with Gasteiger partial charge in [-0.25, -0.2) is 0 Å². The molecular weight excluding hydrogens is 196 g/mol. The van der Waals surface area contributed by atoms with Crippen LogP contribution in [0.3, 0.4) is 0 Å². The first-order valence-electron chi connectivity index (χ1n) is 5.24. The van der Waals surface area contributed by atoms with Crippen LogP contribution in [0.1, 0.15) is 47.5 Å². The van der Waals surface area contributed by atoms with Gasteiger partial charge in [-0.3, -0.25) is 4.79 Å². The Hall–Kier alpha value is -0.180. The predicted molar refractivity (Wildman–Crippen MR) is 62.7 cm³/mol. The molecule has 0 radical (unpaired) electrons. The highest BCUT2D eigenvalue weighted by Crippen LogP contribution is 2.33. The van der Waals surface area contributed by atoms with Crippen molar-refractivity contribution in [3.05, 3.63) is 0 Å². The molecule has 0 aromatic carbocycles. The highest BCUT2D eigenvalue weighted by molar-refractivity contribution is 8.01. The SMILES string of the molecule is CCOC(=O)CC(C)(C)SC(C)CC. The molecule has 0 saturated carbocycles. The quantitative estimate of drug-likeness (QED) is 0.640. The average Bonchev–Trinajstić information content (AvgIpc) is 2.02. The first kappa shape index (κ1) is 13.8. The molecule has 84 valence electrons. The van der Waals surface area contributed by atoms with Gasteiger partial charge in [0.05, 0.1) is 13.0 Å². The highest BCUT2D eigenvalue weighted by atomic mass is 32.2. The molecule has 0 fully saturated rings. The maximum absolute atomic E-state index is 11.3. The molecule has 0 spiro atoms. The summed E-state index contributed by atoms with van der Waals surface area (Å²) in [5.74, 6) is -0.0895. The minimum atomic E-state index is -0.0895. The topological polar surface area (TPSA) is 26.3 Å². The minimum absolute atomic E-state index is 0.0122. The number of ether oxygens (including phenoxy) is 1.